The third-order valence-corrected chi connectivity index (χ3v) is 3.34. The molecule has 0 atom stereocenters. The molecule has 1 aromatic heterocycles. The van der Waals surface area contributed by atoms with Crippen LogP contribution in [0.5, 0.6) is 0 Å². The van der Waals surface area contributed by atoms with Crippen molar-refractivity contribution in [2.45, 2.75) is 26.9 Å². The van der Waals surface area contributed by atoms with E-state index in [2.05, 4.69) is 20.6 Å². The van der Waals surface area contributed by atoms with Gasteiger partial charge in [0.15, 0.2) is 5.69 Å². The van der Waals surface area contributed by atoms with Crippen LogP contribution in [0.3, 0.4) is 0 Å². The van der Waals surface area contributed by atoms with Gasteiger partial charge in [-0.25, -0.2) is 4.98 Å². The zero-order chi connectivity index (χ0) is 17.9. The van der Waals surface area contributed by atoms with Gasteiger partial charge in [0.1, 0.15) is 5.82 Å². The molecule has 0 aliphatic carbocycles. The molecule has 24 heavy (non-hydrogen) atoms. The second-order valence-electron chi connectivity index (χ2n) is 5.51. The fourth-order valence-electron chi connectivity index (χ4n) is 2.41. The van der Waals surface area contributed by atoms with E-state index in [1.807, 2.05) is 32.9 Å². The first-order chi connectivity index (χ1) is 11.2. The Balaban J connectivity index is 2.42. The average molecular weight is 340 g/mol. The predicted octanol–water partition coefficient (Wildman–Crippen LogP) is 3.57. The third kappa shape index (κ3) is 4.35. The number of hydrogen-bond donors (Lipinski definition) is 3. The van der Waals surface area contributed by atoms with Gasteiger partial charge in [-0.05, 0) is 31.9 Å². The number of anilines is 3. The molecule has 3 N–H and O–H groups in total. The SMILES string of the molecule is Cc1cc(C)c(Nc2cc(C(F)(F)F)nc(NCCO)n2)c(C)c1. The quantitative estimate of drug-likeness (QED) is 0.776. The molecule has 1 aromatic carbocycles. The molecule has 0 aliphatic heterocycles. The van der Waals surface area contributed by atoms with Crippen molar-refractivity contribution in [3.63, 3.8) is 0 Å². The summed E-state index contributed by atoms with van der Waals surface area (Å²) in [5.41, 5.74) is 2.54. The average Bonchev–Trinajstić information content (AvgIpc) is 2.47. The van der Waals surface area contributed by atoms with Gasteiger partial charge in [0.25, 0.3) is 0 Å². The van der Waals surface area contributed by atoms with Crippen LogP contribution in [0, 0.1) is 20.8 Å². The first-order valence-corrected chi connectivity index (χ1v) is 7.36. The van der Waals surface area contributed by atoms with Gasteiger partial charge in [-0.2, -0.15) is 18.2 Å². The molecule has 0 unspecified atom stereocenters. The van der Waals surface area contributed by atoms with Gasteiger partial charge in [0.05, 0.1) is 6.61 Å². The highest BCUT2D eigenvalue weighted by atomic mass is 19.4. The number of alkyl halides is 3. The summed E-state index contributed by atoms with van der Waals surface area (Å²) in [5.74, 6) is -0.156. The Kier molecular flexibility index (Phi) is 5.28. The van der Waals surface area contributed by atoms with Crippen LogP contribution in [-0.4, -0.2) is 28.2 Å². The number of rotatable bonds is 5. The molecule has 130 valence electrons. The number of aliphatic hydroxyl groups is 1. The molecule has 0 aliphatic rings. The van der Waals surface area contributed by atoms with Crippen LogP contribution in [0.15, 0.2) is 18.2 Å². The van der Waals surface area contributed by atoms with Gasteiger partial charge in [-0.1, -0.05) is 17.7 Å². The smallest absolute Gasteiger partial charge is 0.395 e. The third-order valence-electron chi connectivity index (χ3n) is 3.34. The summed E-state index contributed by atoms with van der Waals surface area (Å²) >= 11 is 0. The van der Waals surface area contributed by atoms with E-state index in [0.29, 0.717) is 5.69 Å². The Labute approximate surface area is 138 Å². The minimum absolute atomic E-state index is 0.0350. The van der Waals surface area contributed by atoms with E-state index in [9.17, 15) is 13.2 Å². The maximum Gasteiger partial charge on any atom is 0.433 e. The molecule has 2 aromatic rings. The lowest BCUT2D eigenvalue weighted by atomic mass is 10.1. The standard InChI is InChI=1S/C16H19F3N4O/c1-9-6-10(2)14(11(3)7-9)22-13-8-12(16(17,18)19)21-15(23-13)20-4-5-24/h6-8,24H,4-5H2,1-3H3,(H2,20,21,22,23). The molecule has 0 fully saturated rings. The van der Waals surface area contributed by atoms with Crippen molar-refractivity contribution in [3.8, 4) is 0 Å². The molecule has 0 bridgehead atoms. The van der Waals surface area contributed by atoms with Gasteiger partial charge in [-0.15, -0.1) is 0 Å². The van der Waals surface area contributed by atoms with Gasteiger partial charge in [-0.3, -0.25) is 0 Å². The summed E-state index contributed by atoms with van der Waals surface area (Å²) in [6.07, 6.45) is -4.59. The fourth-order valence-corrected chi connectivity index (χ4v) is 2.41. The first kappa shape index (κ1) is 18.0. The number of aryl methyl sites for hydroxylation is 3. The van der Waals surface area contributed by atoms with Crippen LogP contribution >= 0.6 is 0 Å². The maximum absolute atomic E-state index is 13.0. The first-order valence-electron chi connectivity index (χ1n) is 7.36. The molecule has 0 radical (unpaired) electrons. The number of nitrogens with zero attached hydrogens (tertiary/aromatic N) is 2. The van der Waals surface area contributed by atoms with Crippen LogP contribution in [0.2, 0.25) is 0 Å². The Morgan fingerprint density at radius 1 is 1.04 bits per heavy atom. The molecule has 8 heteroatoms. The summed E-state index contributed by atoms with van der Waals surface area (Å²) in [4.78, 5) is 7.48. The van der Waals surface area contributed by atoms with Crippen molar-refractivity contribution in [1.82, 2.24) is 9.97 Å². The number of nitrogens with one attached hydrogen (secondary N) is 2. The van der Waals surface area contributed by atoms with Gasteiger partial charge in [0, 0.05) is 18.3 Å². The van der Waals surface area contributed by atoms with Crippen molar-refractivity contribution < 1.29 is 18.3 Å². The minimum Gasteiger partial charge on any atom is -0.395 e. The Hall–Kier alpha value is -2.35. The van der Waals surface area contributed by atoms with E-state index in [0.717, 1.165) is 22.8 Å². The van der Waals surface area contributed by atoms with Gasteiger partial charge >= 0.3 is 6.18 Å². The van der Waals surface area contributed by atoms with E-state index < -0.39 is 11.9 Å². The molecule has 0 spiro atoms. The lowest BCUT2D eigenvalue weighted by molar-refractivity contribution is -0.141. The van der Waals surface area contributed by atoms with E-state index in [-0.39, 0.29) is 24.9 Å². The molecular weight excluding hydrogens is 321 g/mol. The predicted molar refractivity (Wildman–Crippen MR) is 86.5 cm³/mol. The molecule has 2 rings (SSSR count). The Morgan fingerprint density at radius 2 is 1.67 bits per heavy atom. The normalized spacial score (nSPS) is 11.5. The number of hydrogen-bond acceptors (Lipinski definition) is 5. The second-order valence-corrected chi connectivity index (χ2v) is 5.51. The summed E-state index contributed by atoms with van der Waals surface area (Å²) in [6.45, 7) is 5.52. The van der Waals surface area contributed by atoms with Crippen molar-refractivity contribution in [3.05, 3.63) is 40.6 Å². The topological polar surface area (TPSA) is 70.1 Å². The molecular formula is C16H19F3N4O. The van der Waals surface area contributed by atoms with Crippen molar-refractivity contribution >= 4 is 17.5 Å². The fraction of sp³-hybridized carbons (Fsp3) is 0.375. The lowest BCUT2D eigenvalue weighted by Crippen LogP contribution is -2.15. The number of benzene rings is 1. The number of aromatic nitrogens is 2. The van der Waals surface area contributed by atoms with Gasteiger partial charge < -0.3 is 15.7 Å². The molecule has 5 nitrogen and oxygen atoms in total. The molecule has 0 amide bonds. The van der Waals surface area contributed by atoms with Crippen molar-refractivity contribution in [1.29, 1.82) is 0 Å². The monoisotopic (exact) mass is 340 g/mol. The Bertz CT molecular complexity index is 709. The second kappa shape index (κ2) is 7.04. The van der Waals surface area contributed by atoms with Crippen LogP contribution in [-0.2, 0) is 6.18 Å². The zero-order valence-corrected chi connectivity index (χ0v) is 13.6. The Morgan fingerprint density at radius 3 is 2.21 bits per heavy atom. The highest BCUT2D eigenvalue weighted by molar-refractivity contribution is 5.66. The van der Waals surface area contributed by atoms with E-state index >= 15 is 0 Å². The van der Waals surface area contributed by atoms with Crippen LogP contribution in [0.4, 0.5) is 30.6 Å². The summed E-state index contributed by atoms with van der Waals surface area (Å²) in [6, 6.07) is 4.74. The van der Waals surface area contributed by atoms with Crippen molar-refractivity contribution in [2.24, 2.45) is 0 Å². The van der Waals surface area contributed by atoms with Crippen LogP contribution < -0.4 is 10.6 Å². The summed E-state index contributed by atoms with van der Waals surface area (Å²) < 4.78 is 39.1. The van der Waals surface area contributed by atoms with Crippen molar-refractivity contribution in [2.75, 3.05) is 23.8 Å². The number of aliphatic hydroxyl groups excluding tert-OH is 1. The van der Waals surface area contributed by atoms with Crippen LogP contribution in [0.1, 0.15) is 22.4 Å². The van der Waals surface area contributed by atoms with E-state index in [4.69, 9.17) is 5.11 Å². The summed E-state index contributed by atoms with van der Waals surface area (Å²) in [7, 11) is 0. The van der Waals surface area contributed by atoms with Crippen LogP contribution in [0.25, 0.3) is 0 Å². The summed E-state index contributed by atoms with van der Waals surface area (Å²) in [5, 5.41) is 14.3. The van der Waals surface area contributed by atoms with E-state index in [1.165, 1.54) is 0 Å². The maximum atomic E-state index is 13.0. The lowest BCUT2D eigenvalue weighted by Gasteiger charge is -2.16. The molecule has 0 saturated heterocycles. The highest BCUT2D eigenvalue weighted by Crippen LogP contribution is 2.31. The molecule has 0 saturated carbocycles. The van der Waals surface area contributed by atoms with E-state index in [1.54, 1.807) is 0 Å². The largest absolute Gasteiger partial charge is 0.433 e. The number of halogens is 3. The minimum atomic E-state index is -4.59. The highest BCUT2D eigenvalue weighted by Gasteiger charge is 2.33. The van der Waals surface area contributed by atoms with Gasteiger partial charge in [0.2, 0.25) is 5.95 Å². The molecule has 1 heterocycles. The zero-order valence-electron chi connectivity index (χ0n) is 13.6.